The van der Waals surface area contributed by atoms with Gasteiger partial charge in [0.15, 0.2) is 0 Å². The lowest BCUT2D eigenvalue weighted by Gasteiger charge is -2.30. The molecule has 5 rings (SSSR count). The number of likely N-dealkylation sites (tertiary alicyclic amines) is 1. The van der Waals surface area contributed by atoms with Crippen LogP contribution in [-0.4, -0.2) is 65.4 Å². The topological polar surface area (TPSA) is 117 Å². The SMILES string of the molecule is COC(=O)Nc1ccc(-c2cnc3[nH]cc(-c4ccccc4OC)c3c2)cc1C(=O)N1CCCC(O)C1. The second-order valence-electron chi connectivity index (χ2n) is 8.95. The highest BCUT2D eigenvalue weighted by Crippen LogP contribution is 2.36. The van der Waals surface area contributed by atoms with E-state index in [0.29, 0.717) is 30.6 Å². The summed E-state index contributed by atoms with van der Waals surface area (Å²) in [6.07, 6.45) is 3.79. The van der Waals surface area contributed by atoms with Crippen molar-refractivity contribution in [3.8, 4) is 28.0 Å². The molecule has 0 spiro atoms. The number of hydrogen-bond donors (Lipinski definition) is 3. The Labute approximate surface area is 214 Å². The van der Waals surface area contributed by atoms with E-state index < -0.39 is 12.2 Å². The molecule has 1 fully saturated rings. The summed E-state index contributed by atoms with van der Waals surface area (Å²) < 4.78 is 10.3. The number of rotatable bonds is 5. The molecule has 0 bridgehead atoms. The van der Waals surface area contributed by atoms with Crippen LogP contribution in [0.2, 0.25) is 0 Å². The van der Waals surface area contributed by atoms with Gasteiger partial charge in [0.25, 0.3) is 5.91 Å². The molecule has 9 heteroatoms. The molecule has 3 N–H and O–H groups in total. The molecule has 1 unspecified atom stereocenters. The summed E-state index contributed by atoms with van der Waals surface area (Å²) in [4.78, 5) is 34.9. The van der Waals surface area contributed by atoms with Crippen molar-refractivity contribution < 1.29 is 24.2 Å². The number of anilines is 1. The zero-order valence-electron chi connectivity index (χ0n) is 20.7. The lowest BCUT2D eigenvalue weighted by atomic mass is 9.99. The van der Waals surface area contributed by atoms with E-state index in [0.717, 1.165) is 39.0 Å². The lowest BCUT2D eigenvalue weighted by Crippen LogP contribution is -2.42. The second kappa shape index (κ2) is 10.3. The standard InChI is InChI=1S/C28H28N4O5/c1-36-25-8-4-3-7-20(25)23-15-30-26-21(23)13-18(14-29-26)17-9-10-24(31-28(35)37-2)22(12-17)27(34)32-11-5-6-19(33)16-32/h3-4,7-10,12-15,19,33H,5-6,11,16H2,1-2H3,(H,29,30)(H,31,35). The zero-order chi connectivity index (χ0) is 25.9. The van der Waals surface area contributed by atoms with Crippen LogP contribution in [0.1, 0.15) is 23.2 Å². The Morgan fingerprint density at radius 3 is 2.73 bits per heavy atom. The number of pyridine rings is 1. The number of aromatic amines is 1. The Kier molecular flexibility index (Phi) is 6.78. The van der Waals surface area contributed by atoms with Gasteiger partial charge < -0.3 is 24.5 Å². The molecule has 3 heterocycles. The van der Waals surface area contributed by atoms with Gasteiger partial charge in [0.05, 0.1) is 31.6 Å². The van der Waals surface area contributed by atoms with Gasteiger partial charge in [-0.15, -0.1) is 0 Å². The fourth-order valence-electron chi connectivity index (χ4n) is 4.73. The third-order valence-electron chi connectivity index (χ3n) is 6.62. The summed E-state index contributed by atoms with van der Waals surface area (Å²) in [6.45, 7) is 0.788. The second-order valence-corrected chi connectivity index (χ2v) is 8.95. The van der Waals surface area contributed by atoms with Gasteiger partial charge in [0, 0.05) is 47.6 Å². The van der Waals surface area contributed by atoms with Gasteiger partial charge in [-0.25, -0.2) is 9.78 Å². The Hall–Kier alpha value is -4.37. The summed E-state index contributed by atoms with van der Waals surface area (Å²) in [5, 5.41) is 13.6. The molecule has 1 saturated heterocycles. The molecule has 1 aliphatic rings. The zero-order valence-corrected chi connectivity index (χ0v) is 20.7. The van der Waals surface area contributed by atoms with Gasteiger partial charge in [-0.2, -0.15) is 0 Å². The number of fused-ring (bicyclic) bond motifs is 1. The van der Waals surface area contributed by atoms with Crippen molar-refractivity contribution in [1.29, 1.82) is 0 Å². The highest BCUT2D eigenvalue weighted by molar-refractivity contribution is 6.04. The number of hydrogen-bond acceptors (Lipinski definition) is 6. The predicted octanol–water partition coefficient (Wildman–Crippen LogP) is 4.68. The lowest BCUT2D eigenvalue weighted by molar-refractivity contribution is 0.0474. The number of H-pyrrole nitrogens is 1. The molecular weight excluding hydrogens is 472 g/mol. The van der Waals surface area contributed by atoms with E-state index in [1.807, 2.05) is 42.6 Å². The van der Waals surface area contributed by atoms with E-state index in [2.05, 4.69) is 15.3 Å². The minimum atomic E-state index is -0.669. The molecule has 190 valence electrons. The fraction of sp³-hybridized carbons (Fsp3) is 0.250. The molecular formula is C28H28N4O5. The maximum absolute atomic E-state index is 13.5. The summed E-state index contributed by atoms with van der Waals surface area (Å²) >= 11 is 0. The first-order valence-corrected chi connectivity index (χ1v) is 12.1. The molecule has 0 saturated carbocycles. The third-order valence-corrected chi connectivity index (χ3v) is 6.62. The van der Waals surface area contributed by atoms with Gasteiger partial charge in [0.2, 0.25) is 0 Å². The molecule has 37 heavy (non-hydrogen) atoms. The first-order valence-electron chi connectivity index (χ1n) is 12.1. The third kappa shape index (κ3) is 4.85. The number of amides is 2. The van der Waals surface area contributed by atoms with Crippen LogP contribution in [0.3, 0.4) is 0 Å². The average molecular weight is 501 g/mol. The average Bonchev–Trinajstić information content (AvgIpc) is 3.36. The molecule has 0 radical (unpaired) electrons. The van der Waals surface area contributed by atoms with Gasteiger partial charge in [-0.1, -0.05) is 24.3 Å². The minimum Gasteiger partial charge on any atom is -0.496 e. The Balaban J connectivity index is 1.57. The smallest absolute Gasteiger partial charge is 0.411 e. The molecule has 4 aromatic rings. The first-order chi connectivity index (χ1) is 18.0. The number of methoxy groups -OCH3 is 2. The van der Waals surface area contributed by atoms with Crippen LogP contribution in [-0.2, 0) is 4.74 Å². The summed E-state index contributed by atoms with van der Waals surface area (Å²) in [5.41, 5.74) is 4.84. The maximum Gasteiger partial charge on any atom is 0.411 e. The van der Waals surface area contributed by atoms with Crippen molar-refractivity contribution in [3.63, 3.8) is 0 Å². The van der Waals surface area contributed by atoms with Crippen LogP contribution < -0.4 is 10.1 Å². The number of nitrogens with one attached hydrogen (secondary N) is 2. The van der Waals surface area contributed by atoms with Gasteiger partial charge in [-0.05, 0) is 42.7 Å². The van der Waals surface area contributed by atoms with E-state index in [9.17, 15) is 14.7 Å². The number of nitrogens with zero attached hydrogens (tertiary/aromatic N) is 2. The number of carbonyl (C=O) groups is 2. The monoisotopic (exact) mass is 500 g/mol. The van der Waals surface area contributed by atoms with E-state index in [4.69, 9.17) is 9.47 Å². The molecule has 2 aromatic carbocycles. The highest BCUT2D eigenvalue weighted by Gasteiger charge is 2.26. The maximum atomic E-state index is 13.5. The van der Waals surface area contributed by atoms with Crippen molar-refractivity contribution in [2.45, 2.75) is 18.9 Å². The van der Waals surface area contributed by atoms with Crippen LogP contribution in [0, 0.1) is 0 Å². The van der Waals surface area contributed by atoms with Gasteiger partial charge in [0.1, 0.15) is 11.4 Å². The Bertz CT molecular complexity index is 1460. The van der Waals surface area contributed by atoms with Crippen LogP contribution >= 0.6 is 0 Å². The number of aromatic nitrogens is 2. The molecule has 1 aliphatic heterocycles. The number of para-hydroxylation sites is 1. The summed E-state index contributed by atoms with van der Waals surface area (Å²) in [6, 6.07) is 15.0. The number of piperidine rings is 1. The van der Waals surface area contributed by atoms with E-state index in [1.54, 1.807) is 30.3 Å². The van der Waals surface area contributed by atoms with Crippen LogP contribution in [0.4, 0.5) is 10.5 Å². The Morgan fingerprint density at radius 2 is 1.95 bits per heavy atom. The van der Waals surface area contributed by atoms with Crippen molar-refractivity contribution in [1.82, 2.24) is 14.9 Å². The highest BCUT2D eigenvalue weighted by atomic mass is 16.5. The predicted molar refractivity (Wildman–Crippen MR) is 141 cm³/mol. The van der Waals surface area contributed by atoms with Crippen LogP contribution in [0.25, 0.3) is 33.3 Å². The Morgan fingerprint density at radius 1 is 1.11 bits per heavy atom. The van der Waals surface area contributed by atoms with Crippen LogP contribution in [0.15, 0.2) is 60.9 Å². The number of benzene rings is 2. The van der Waals surface area contributed by atoms with Crippen LogP contribution in [0.5, 0.6) is 5.75 Å². The largest absolute Gasteiger partial charge is 0.496 e. The summed E-state index contributed by atoms with van der Waals surface area (Å²) in [5.74, 6) is 0.487. The van der Waals surface area contributed by atoms with Gasteiger partial charge in [-0.3, -0.25) is 10.1 Å². The normalized spacial score (nSPS) is 15.4. The van der Waals surface area contributed by atoms with Crippen molar-refractivity contribution in [3.05, 3.63) is 66.5 Å². The number of carbonyl (C=O) groups excluding carboxylic acids is 2. The number of aliphatic hydroxyl groups is 1. The minimum absolute atomic E-state index is 0.250. The molecule has 9 nitrogen and oxygen atoms in total. The van der Waals surface area contributed by atoms with E-state index in [-0.39, 0.29) is 12.5 Å². The summed E-state index contributed by atoms with van der Waals surface area (Å²) in [7, 11) is 2.91. The molecule has 1 atom stereocenters. The van der Waals surface area contributed by atoms with Crippen molar-refractivity contribution in [2.75, 3.05) is 32.6 Å². The van der Waals surface area contributed by atoms with E-state index >= 15 is 0 Å². The number of ether oxygens (including phenoxy) is 2. The number of β-amino-alcohol motifs (C(OH)–C–C–N with tert-alkyl or cyclic N) is 1. The quantitative estimate of drug-likeness (QED) is 0.366. The van der Waals surface area contributed by atoms with Crippen molar-refractivity contribution >= 4 is 28.7 Å². The van der Waals surface area contributed by atoms with E-state index in [1.165, 1.54) is 7.11 Å². The number of aliphatic hydroxyl groups excluding tert-OH is 1. The molecule has 2 aromatic heterocycles. The molecule has 0 aliphatic carbocycles. The molecule has 2 amide bonds. The van der Waals surface area contributed by atoms with Crippen molar-refractivity contribution in [2.24, 2.45) is 0 Å². The first kappa shape index (κ1) is 24.3. The fourth-order valence-corrected chi connectivity index (χ4v) is 4.73. The van der Waals surface area contributed by atoms with Gasteiger partial charge >= 0.3 is 6.09 Å².